The van der Waals surface area contributed by atoms with Crippen molar-refractivity contribution in [2.75, 3.05) is 6.61 Å². The number of rotatable bonds is 21. The summed E-state index contributed by atoms with van der Waals surface area (Å²) < 4.78 is 5.95. The fourth-order valence-corrected chi connectivity index (χ4v) is 5.07. The molecule has 2 rings (SSSR count). The second kappa shape index (κ2) is 17.9. The summed E-state index contributed by atoms with van der Waals surface area (Å²) in [6, 6.07) is 12.8. The Morgan fingerprint density at radius 3 is 1.61 bits per heavy atom. The van der Waals surface area contributed by atoms with Gasteiger partial charge in [-0.25, -0.2) is 4.79 Å². The first-order chi connectivity index (χ1) is 18.4. The monoisotopic (exact) mass is 524 g/mol. The van der Waals surface area contributed by atoms with E-state index >= 15 is 0 Å². The standard InChI is InChI=1S/C34H52O4/c1-4-5-6-7-8-9-10-11-12-13-14-15-16-17-18-19-26-38-30-23-20-28(21-24-30)34(2,3)29-22-25-32(35)31(27-29)33(36)37/h20-25,27,35H,4-19,26H2,1-3H3,(H,36,37). The van der Waals surface area contributed by atoms with Gasteiger partial charge in [-0.3, -0.25) is 0 Å². The maximum Gasteiger partial charge on any atom is 0.339 e. The van der Waals surface area contributed by atoms with E-state index in [4.69, 9.17) is 4.74 Å². The van der Waals surface area contributed by atoms with E-state index in [-0.39, 0.29) is 11.3 Å². The van der Waals surface area contributed by atoms with E-state index in [2.05, 4.69) is 20.8 Å². The maximum absolute atomic E-state index is 11.4. The Morgan fingerprint density at radius 1 is 0.684 bits per heavy atom. The highest BCUT2D eigenvalue weighted by Gasteiger charge is 2.25. The molecule has 0 unspecified atom stereocenters. The van der Waals surface area contributed by atoms with Gasteiger partial charge < -0.3 is 14.9 Å². The zero-order valence-corrected chi connectivity index (χ0v) is 24.3. The lowest BCUT2D eigenvalue weighted by Gasteiger charge is -2.27. The Labute approximate surface area is 231 Å². The van der Waals surface area contributed by atoms with Gasteiger partial charge in [-0.05, 0) is 41.8 Å². The lowest BCUT2D eigenvalue weighted by molar-refractivity contribution is 0.0693. The van der Waals surface area contributed by atoms with Crippen molar-refractivity contribution in [2.24, 2.45) is 0 Å². The van der Waals surface area contributed by atoms with E-state index in [0.717, 1.165) is 29.9 Å². The summed E-state index contributed by atoms with van der Waals surface area (Å²) in [4.78, 5) is 11.4. The van der Waals surface area contributed by atoms with Gasteiger partial charge >= 0.3 is 5.97 Å². The zero-order chi connectivity index (χ0) is 27.6. The average Bonchev–Trinajstić information content (AvgIpc) is 2.90. The fraction of sp³-hybridized carbons (Fsp3) is 0.618. The summed E-state index contributed by atoms with van der Waals surface area (Å²) in [6.45, 7) is 7.12. The van der Waals surface area contributed by atoms with Crippen molar-refractivity contribution in [1.82, 2.24) is 0 Å². The number of hydrogen-bond donors (Lipinski definition) is 2. The molecular formula is C34H52O4. The van der Waals surface area contributed by atoms with Crippen LogP contribution in [0.15, 0.2) is 42.5 Å². The second-order valence-corrected chi connectivity index (χ2v) is 11.3. The molecule has 0 saturated carbocycles. The topological polar surface area (TPSA) is 66.8 Å². The molecule has 0 aliphatic carbocycles. The number of hydrogen-bond acceptors (Lipinski definition) is 3. The van der Waals surface area contributed by atoms with Crippen LogP contribution in [0.4, 0.5) is 0 Å². The van der Waals surface area contributed by atoms with Gasteiger partial charge in [0, 0.05) is 5.41 Å². The number of carboxylic acids is 1. The zero-order valence-electron chi connectivity index (χ0n) is 24.3. The molecule has 0 aliphatic heterocycles. The van der Waals surface area contributed by atoms with E-state index in [1.165, 1.54) is 102 Å². The summed E-state index contributed by atoms with van der Waals surface area (Å²) in [7, 11) is 0. The van der Waals surface area contributed by atoms with Crippen molar-refractivity contribution in [3.63, 3.8) is 0 Å². The minimum Gasteiger partial charge on any atom is -0.507 e. The van der Waals surface area contributed by atoms with E-state index in [0.29, 0.717) is 0 Å². The molecule has 0 fully saturated rings. The molecule has 0 radical (unpaired) electrons. The Bertz CT molecular complexity index is 917. The average molecular weight is 525 g/mol. The van der Waals surface area contributed by atoms with Gasteiger partial charge in [0.2, 0.25) is 0 Å². The third kappa shape index (κ3) is 11.5. The second-order valence-electron chi connectivity index (χ2n) is 11.3. The highest BCUT2D eigenvalue weighted by molar-refractivity contribution is 5.91. The van der Waals surface area contributed by atoms with Crippen LogP contribution in [0.3, 0.4) is 0 Å². The number of unbranched alkanes of at least 4 members (excludes halogenated alkanes) is 15. The molecule has 0 heterocycles. The predicted octanol–water partition coefficient (Wildman–Crippen LogP) is 10.1. The third-order valence-corrected chi connectivity index (χ3v) is 7.79. The molecule has 0 atom stereocenters. The molecule has 0 amide bonds. The molecule has 0 saturated heterocycles. The van der Waals surface area contributed by atoms with Crippen molar-refractivity contribution < 1.29 is 19.7 Å². The van der Waals surface area contributed by atoms with Gasteiger partial charge in [-0.2, -0.15) is 0 Å². The van der Waals surface area contributed by atoms with Crippen molar-refractivity contribution in [3.8, 4) is 11.5 Å². The van der Waals surface area contributed by atoms with Crippen LogP contribution in [0.5, 0.6) is 11.5 Å². The van der Waals surface area contributed by atoms with Crippen LogP contribution in [0.2, 0.25) is 0 Å². The number of carboxylic acid groups (broad SMARTS) is 1. The smallest absolute Gasteiger partial charge is 0.339 e. The molecule has 0 bridgehead atoms. The molecule has 2 aromatic rings. The minimum atomic E-state index is -1.13. The Kier molecular flexibility index (Phi) is 15.0. The summed E-state index contributed by atoms with van der Waals surface area (Å²) in [5.74, 6) is -0.477. The molecule has 0 aliphatic rings. The quantitative estimate of drug-likeness (QED) is 0.159. The maximum atomic E-state index is 11.4. The largest absolute Gasteiger partial charge is 0.507 e. The fourth-order valence-electron chi connectivity index (χ4n) is 5.07. The normalized spacial score (nSPS) is 11.6. The van der Waals surface area contributed by atoms with Crippen molar-refractivity contribution in [2.45, 2.75) is 129 Å². The summed E-state index contributed by atoms with van der Waals surface area (Å²) in [5.41, 5.74) is 1.43. The molecule has 4 heteroatoms. The van der Waals surface area contributed by atoms with Crippen LogP contribution >= 0.6 is 0 Å². The van der Waals surface area contributed by atoms with Gasteiger partial charge in [0.1, 0.15) is 17.1 Å². The van der Waals surface area contributed by atoms with Crippen molar-refractivity contribution in [1.29, 1.82) is 0 Å². The van der Waals surface area contributed by atoms with Gasteiger partial charge in [0.15, 0.2) is 0 Å². The van der Waals surface area contributed by atoms with Gasteiger partial charge in [0.25, 0.3) is 0 Å². The first-order valence-corrected chi connectivity index (χ1v) is 15.2. The van der Waals surface area contributed by atoms with Crippen molar-refractivity contribution in [3.05, 3.63) is 59.2 Å². The van der Waals surface area contributed by atoms with E-state index in [1.54, 1.807) is 12.1 Å². The summed E-state index contributed by atoms with van der Waals surface area (Å²) >= 11 is 0. The van der Waals surface area contributed by atoms with Gasteiger partial charge in [-0.15, -0.1) is 0 Å². The van der Waals surface area contributed by atoms with Crippen LogP contribution in [0.25, 0.3) is 0 Å². The minimum absolute atomic E-state index is 0.0747. The molecule has 4 nitrogen and oxygen atoms in total. The number of benzene rings is 2. The highest BCUT2D eigenvalue weighted by Crippen LogP contribution is 2.34. The Balaban J connectivity index is 1.54. The highest BCUT2D eigenvalue weighted by atomic mass is 16.5. The van der Waals surface area contributed by atoms with Gasteiger partial charge in [-0.1, -0.05) is 135 Å². The summed E-state index contributed by atoms with van der Waals surface area (Å²) in [6.07, 6.45) is 21.8. The molecule has 38 heavy (non-hydrogen) atoms. The van der Waals surface area contributed by atoms with E-state index < -0.39 is 11.4 Å². The number of phenols is 1. The van der Waals surface area contributed by atoms with Gasteiger partial charge in [0.05, 0.1) is 6.61 Å². The molecule has 0 spiro atoms. The Hall–Kier alpha value is -2.49. The number of ether oxygens (including phenoxy) is 1. The molecule has 212 valence electrons. The predicted molar refractivity (Wildman–Crippen MR) is 159 cm³/mol. The molecular weight excluding hydrogens is 472 g/mol. The van der Waals surface area contributed by atoms with Crippen LogP contribution in [0, 0.1) is 0 Å². The SMILES string of the molecule is CCCCCCCCCCCCCCCCCCOc1ccc(C(C)(C)c2ccc(O)c(C(=O)O)c2)cc1. The summed E-state index contributed by atoms with van der Waals surface area (Å²) in [5, 5.41) is 19.2. The van der Waals surface area contributed by atoms with Crippen LogP contribution in [-0.2, 0) is 5.41 Å². The first kappa shape index (κ1) is 31.7. The number of carbonyl (C=O) groups is 1. The van der Waals surface area contributed by atoms with Crippen LogP contribution in [-0.4, -0.2) is 22.8 Å². The first-order valence-electron chi connectivity index (χ1n) is 15.2. The van der Waals surface area contributed by atoms with Crippen LogP contribution in [0.1, 0.15) is 145 Å². The molecule has 0 aromatic heterocycles. The van der Waals surface area contributed by atoms with E-state index in [9.17, 15) is 15.0 Å². The van der Waals surface area contributed by atoms with Crippen LogP contribution < -0.4 is 4.74 Å². The lowest BCUT2D eigenvalue weighted by atomic mass is 9.77. The lowest BCUT2D eigenvalue weighted by Crippen LogP contribution is -2.19. The van der Waals surface area contributed by atoms with E-state index in [1.807, 2.05) is 24.3 Å². The number of aromatic carboxylic acids is 1. The molecule has 2 N–H and O–H groups in total. The Morgan fingerprint density at radius 2 is 1.13 bits per heavy atom. The molecule has 2 aromatic carbocycles. The number of aromatic hydroxyl groups is 1. The van der Waals surface area contributed by atoms with Crippen molar-refractivity contribution >= 4 is 5.97 Å². The third-order valence-electron chi connectivity index (χ3n) is 7.79.